The second-order valence-corrected chi connectivity index (χ2v) is 5.45. The number of hydrogen-bond donors (Lipinski definition) is 3. The molecule has 21 heavy (non-hydrogen) atoms. The molecular weight excluding hydrogens is 266 g/mol. The van der Waals surface area contributed by atoms with E-state index in [-0.39, 0.29) is 11.9 Å². The molecule has 1 atom stereocenters. The van der Waals surface area contributed by atoms with Crippen LogP contribution in [-0.2, 0) is 17.8 Å². The van der Waals surface area contributed by atoms with Gasteiger partial charge in [-0.15, -0.1) is 0 Å². The lowest BCUT2D eigenvalue weighted by Gasteiger charge is -2.22. The average molecular weight is 285 g/mol. The first-order valence-electron chi connectivity index (χ1n) is 7.06. The zero-order valence-electron chi connectivity index (χ0n) is 12.0. The van der Waals surface area contributed by atoms with E-state index in [1.54, 1.807) is 12.5 Å². The summed E-state index contributed by atoms with van der Waals surface area (Å²) in [6.45, 7) is 2.91. The van der Waals surface area contributed by atoms with E-state index in [0.717, 1.165) is 29.9 Å². The van der Waals surface area contributed by atoms with Crippen LogP contribution in [0.5, 0.6) is 0 Å². The minimum absolute atomic E-state index is 0.0519. The van der Waals surface area contributed by atoms with Crippen molar-refractivity contribution in [1.82, 2.24) is 9.55 Å². The average Bonchev–Trinajstić information content (AvgIpc) is 2.92. The van der Waals surface area contributed by atoms with Crippen LogP contribution in [0, 0.1) is 0 Å². The number of hydrogen-bond acceptors (Lipinski definition) is 4. The third kappa shape index (κ3) is 2.99. The van der Waals surface area contributed by atoms with Gasteiger partial charge in [-0.1, -0.05) is 0 Å². The molecule has 0 fully saturated rings. The van der Waals surface area contributed by atoms with Gasteiger partial charge in [-0.2, -0.15) is 0 Å². The monoisotopic (exact) mass is 285 g/mol. The van der Waals surface area contributed by atoms with Crippen LogP contribution >= 0.6 is 0 Å². The summed E-state index contributed by atoms with van der Waals surface area (Å²) in [6.07, 6.45) is 6.78. The molecule has 6 heteroatoms. The molecule has 0 radical (unpaired) electrons. The Kier molecular flexibility index (Phi) is 3.51. The van der Waals surface area contributed by atoms with E-state index in [0.29, 0.717) is 12.1 Å². The van der Waals surface area contributed by atoms with Crippen molar-refractivity contribution < 1.29 is 4.79 Å². The van der Waals surface area contributed by atoms with E-state index < -0.39 is 0 Å². The molecule has 0 saturated heterocycles. The molecule has 1 aliphatic heterocycles. The molecule has 110 valence electrons. The van der Waals surface area contributed by atoms with Crippen molar-refractivity contribution in [1.29, 1.82) is 0 Å². The van der Waals surface area contributed by atoms with E-state index in [1.165, 1.54) is 0 Å². The van der Waals surface area contributed by atoms with Crippen molar-refractivity contribution in [3.63, 3.8) is 0 Å². The van der Waals surface area contributed by atoms with Gasteiger partial charge in [-0.05, 0) is 31.0 Å². The van der Waals surface area contributed by atoms with E-state index in [4.69, 9.17) is 5.73 Å². The van der Waals surface area contributed by atoms with Gasteiger partial charge in [0.25, 0.3) is 0 Å². The molecule has 1 aromatic carbocycles. The number of benzene rings is 1. The Balaban J connectivity index is 1.75. The van der Waals surface area contributed by atoms with Gasteiger partial charge in [0.15, 0.2) is 0 Å². The Morgan fingerprint density at radius 3 is 3.10 bits per heavy atom. The van der Waals surface area contributed by atoms with Gasteiger partial charge in [0, 0.05) is 37.1 Å². The summed E-state index contributed by atoms with van der Waals surface area (Å²) in [5, 5.41) is 6.28. The first kappa shape index (κ1) is 13.5. The number of nitrogen functional groups attached to an aromatic ring is 1. The van der Waals surface area contributed by atoms with Crippen LogP contribution in [0.15, 0.2) is 30.9 Å². The van der Waals surface area contributed by atoms with E-state index in [1.807, 2.05) is 22.9 Å². The van der Waals surface area contributed by atoms with E-state index in [9.17, 15) is 4.79 Å². The predicted molar refractivity (Wildman–Crippen MR) is 83.1 cm³/mol. The van der Waals surface area contributed by atoms with Crippen LogP contribution in [0.3, 0.4) is 0 Å². The highest BCUT2D eigenvalue weighted by atomic mass is 16.1. The summed E-state index contributed by atoms with van der Waals surface area (Å²) < 4.78 is 2.02. The highest BCUT2D eigenvalue weighted by Gasteiger charge is 2.17. The van der Waals surface area contributed by atoms with Crippen molar-refractivity contribution in [2.45, 2.75) is 32.4 Å². The van der Waals surface area contributed by atoms with Crippen LogP contribution in [0.2, 0.25) is 0 Å². The number of rotatable bonds is 4. The maximum absolute atomic E-state index is 11.4. The van der Waals surface area contributed by atoms with Gasteiger partial charge in [0.1, 0.15) is 0 Å². The van der Waals surface area contributed by atoms with Gasteiger partial charge < -0.3 is 20.9 Å². The number of amides is 1. The lowest BCUT2D eigenvalue weighted by molar-refractivity contribution is -0.116. The topological polar surface area (TPSA) is 85.0 Å². The lowest BCUT2D eigenvalue weighted by Crippen LogP contribution is -2.23. The maximum Gasteiger partial charge on any atom is 0.224 e. The second-order valence-electron chi connectivity index (χ2n) is 5.45. The molecular formula is C15H19N5O. The second kappa shape index (κ2) is 5.47. The van der Waals surface area contributed by atoms with Crippen molar-refractivity contribution in [2.75, 3.05) is 16.4 Å². The smallest absolute Gasteiger partial charge is 0.224 e. The number of anilines is 3. The molecule has 2 heterocycles. The van der Waals surface area contributed by atoms with Gasteiger partial charge in [-0.3, -0.25) is 4.79 Å². The van der Waals surface area contributed by atoms with Gasteiger partial charge in [0.2, 0.25) is 5.91 Å². The molecule has 1 aromatic heterocycles. The lowest BCUT2D eigenvalue weighted by atomic mass is 10.0. The normalized spacial score (nSPS) is 15.2. The van der Waals surface area contributed by atoms with Crippen LogP contribution < -0.4 is 16.4 Å². The van der Waals surface area contributed by atoms with Gasteiger partial charge >= 0.3 is 0 Å². The van der Waals surface area contributed by atoms with E-state index >= 15 is 0 Å². The van der Waals surface area contributed by atoms with Crippen LogP contribution in [0.4, 0.5) is 17.1 Å². The molecule has 3 rings (SSSR count). The largest absolute Gasteiger partial charge is 0.397 e. The minimum atomic E-state index is 0.0519. The molecule has 1 unspecified atom stereocenters. The summed E-state index contributed by atoms with van der Waals surface area (Å²) in [4.78, 5) is 15.4. The Morgan fingerprint density at radius 2 is 2.33 bits per heavy atom. The molecule has 0 aliphatic carbocycles. The summed E-state index contributed by atoms with van der Waals surface area (Å²) in [7, 11) is 0. The molecule has 2 aromatic rings. The predicted octanol–water partition coefficient (Wildman–Crippen LogP) is 1.85. The summed E-state index contributed by atoms with van der Waals surface area (Å²) in [5.74, 6) is 0.0519. The number of imidazole rings is 1. The summed E-state index contributed by atoms with van der Waals surface area (Å²) >= 11 is 0. The molecule has 1 amide bonds. The fraction of sp³-hybridized carbons (Fsp3) is 0.333. The van der Waals surface area contributed by atoms with Crippen molar-refractivity contribution >= 4 is 23.0 Å². The quantitative estimate of drug-likeness (QED) is 0.748. The fourth-order valence-electron chi connectivity index (χ4n) is 2.59. The highest BCUT2D eigenvalue weighted by Crippen LogP contribution is 2.31. The zero-order valence-corrected chi connectivity index (χ0v) is 12.0. The molecule has 0 bridgehead atoms. The maximum atomic E-state index is 11.4. The Labute approximate surface area is 123 Å². The number of carbonyl (C=O) groups is 1. The van der Waals surface area contributed by atoms with Gasteiger partial charge in [0.05, 0.1) is 17.7 Å². The third-order valence-electron chi connectivity index (χ3n) is 3.62. The number of nitrogens with two attached hydrogens (primary N) is 1. The van der Waals surface area contributed by atoms with E-state index in [2.05, 4.69) is 22.5 Å². The van der Waals surface area contributed by atoms with Crippen molar-refractivity contribution in [3.8, 4) is 0 Å². The number of aromatic nitrogens is 2. The number of nitrogens with one attached hydrogen (secondary N) is 2. The Morgan fingerprint density at radius 1 is 1.48 bits per heavy atom. The van der Waals surface area contributed by atoms with Crippen LogP contribution in [0.1, 0.15) is 18.9 Å². The van der Waals surface area contributed by atoms with Gasteiger partial charge in [-0.25, -0.2) is 4.98 Å². The molecule has 6 nitrogen and oxygen atoms in total. The minimum Gasteiger partial charge on any atom is -0.397 e. The molecule has 0 saturated carbocycles. The standard InChI is InChI=1S/C15H19N5O/c1-10(8-20-5-4-17-9-20)18-14-6-11-2-3-15(21)19-13(11)7-12(14)16/h4-7,9-10,18H,2-3,8,16H2,1H3,(H,19,21). The first-order valence-corrected chi connectivity index (χ1v) is 7.06. The first-order chi connectivity index (χ1) is 10.1. The number of aryl methyl sites for hydroxylation is 1. The molecule has 4 N–H and O–H groups in total. The number of carbonyl (C=O) groups excluding carboxylic acids is 1. The summed E-state index contributed by atoms with van der Waals surface area (Å²) in [6, 6.07) is 4.09. The fourth-order valence-corrected chi connectivity index (χ4v) is 2.59. The number of nitrogens with zero attached hydrogens (tertiary/aromatic N) is 2. The molecule has 1 aliphatic rings. The zero-order chi connectivity index (χ0) is 14.8. The molecule has 0 spiro atoms. The summed E-state index contributed by atoms with van der Waals surface area (Å²) in [5.41, 5.74) is 9.60. The van der Waals surface area contributed by atoms with Crippen molar-refractivity contribution in [3.05, 3.63) is 36.4 Å². The van der Waals surface area contributed by atoms with Crippen molar-refractivity contribution in [2.24, 2.45) is 0 Å². The number of fused-ring (bicyclic) bond motifs is 1. The van der Waals surface area contributed by atoms with Crippen LogP contribution in [0.25, 0.3) is 0 Å². The van der Waals surface area contributed by atoms with Crippen LogP contribution in [-0.4, -0.2) is 21.5 Å². The Hall–Kier alpha value is -2.50. The third-order valence-corrected chi connectivity index (χ3v) is 3.62. The highest BCUT2D eigenvalue weighted by molar-refractivity contribution is 5.95. The Bertz CT molecular complexity index is 650. The SMILES string of the molecule is CC(Cn1ccnc1)Nc1cc2c(cc1N)NC(=O)CC2.